The second-order valence-electron chi connectivity index (χ2n) is 7.37. The quantitative estimate of drug-likeness (QED) is 0.364. The predicted molar refractivity (Wildman–Crippen MR) is 132 cm³/mol. The van der Waals surface area contributed by atoms with E-state index < -0.39 is 0 Å². The Balaban J connectivity index is 0.000000332. The number of hydrogen-bond donors (Lipinski definition) is 1. The SMILES string of the molecule is CCCc1oc(-c2ccccc2Br)nc1C(=O)Nc1cc[c-]nc1.CCOC(=O)N1C[CH-]CC1.[K+]. The summed E-state index contributed by atoms with van der Waals surface area (Å²) < 4.78 is 11.5. The van der Waals surface area contributed by atoms with Gasteiger partial charge >= 0.3 is 57.5 Å². The number of rotatable bonds is 6. The van der Waals surface area contributed by atoms with Crippen molar-refractivity contribution < 1.29 is 70.1 Å². The second kappa shape index (κ2) is 15.5. The maximum atomic E-state index is 12.6. The van der Waals surface area contributed by atoms with Gasteiger partial charge in [0, 0.05) is 10.9 Å². The Labute approximate surface area is 256 Å². The summed E-state index contributed by atoms with van der Waals surface area (Å²) >= 11 is 3.48. The van der Waals surface area contributed by atoms with Gasteiger partial charge < -0.3 is 30.8 Å². The molecule has 0 radical (unpaired) electrons. The van der Waals surface area contributed by atoms with Crippen molar-refractivity contribution in [3.8, 4) is 11.5 Å². The monoisotopic (exact) mass is 565 g/mol. The minimum absolute atomic E-state index is 0. The van der Waals surface area contributed by atoms with Gasteiger partial charge in [-0.3, -0.25) is 4.79 Å². The number of nitrogens with zero attached hydrogens (tertiary/aromatic N) is 3. The third kappa shape index (κ3) is 8.80. The molecule has 3 aromatic rings. The number of pyridine rings is 1. The topological polar surface area (TPSA) is 97.6 Å². The van der Waals surface area contributed by atoms with Crippen molar-refractivity contribution in [1.29, 1.82) is 0 Å². The zero-order valence-electron chi connectivity index (χ0n) is 20.2. The number of carbonyl (C=O) groups excluding carboxylic acids is 2. The van der Waals surface area contributed by atoms with Gasteiger partial charge in [-0.15, -0.1) is 6.07 Å². The number of aryl methyl sites for hydroxylation is 1. The molecule has 0 saturated carbocycles. The molecular weight excluding hydrogens is 539 g/mol. The van der Waals surface area contributed by atoms with Gasteiger partial charge in [-0.2, -0.15) is 12.5 Å². The van der Waals surface area contributed by atoms with Gasteiger partial charge in [0.05, 0.1) is 12.2 Å². The normalized spacial score (nSPS) is 12.3. The van der Waals surface area contributed by atoms with E-state index in [0.717, 1.165) is 36.0 Å². The standard InChI is InChI=1S/C18H15BrN3O2.C7H12NO2.K/c1-2-6-15-16(17(23)21-12-7-5-10-20-11-12)22-18(24-15)13-8-3-4-9-14(13)19;1-2-10-7(9)8-5-3-4-6-8;/h3-5,7-9,11H,2,6H2,1H3,(H,21,23);3H,2,4-6H2,1H3;/q2*-1;+1. The average molecular weight is 567 g/mol. The number of anilines is 1. The molecule has 1 aliphatic heterocycles. The fraction of sp³-hybridized carbons (Fsp3) is 0.320. The van der Waals surface area contributed by atoms with Crippen molar-refractivity contribution in [3.63, 3.8) is 0 Å². The fourth-order valence-corrected chi connectivity index (χ4v) is 3.68. The summed E-state index contributed by atoms with van der Waals surface area (Å²) in [5, 5.41) is 2.78. The van der Waals surface area contributed by atoms with E-state index in [0.29, 0.717) is 36.1 Å². The molecule has 0 bridgehead atoms. The third-order valence-corrected chi connectivity index (χ3v) is 5.54. The summed E-state index contributed by atoms with van der Waals surface area (Å²) in [4.78, 5) is 33.5. The Hall–Kier alpha value is -1.56. The minimum atomic E-state index is -0.312. The van der Waals surface area contributed by atoms with Crippen molar-refractivity contribution in [3.05, 3.63) is 71.1 Å². The van der Waals surface area contributed by atoms with E-state index in [1.165, 1.54) is 6.20 Å². The molecule has 0 aliphatic carbocycles. The first-order chi connectivity index (χ1) is 16.5. The van der Waals surface area contributed by atoms with E-state index in [9.17, 15) is 9.59 Å². The molecule has 2 aromatic heterocycles. The molecule has 3 heterocycles. The molecule has 10 heteroatoms. The number of halogens is 1. The molecular formula is C25H27BrKN4O4-. The Bertz CT molecular complexity index is 1090. The minimum Gasteiger partial charge on any atom is -0.450 e. The van der Waals surface area contributed by atoms with Crippen molar-refractivity contribution in [2.75, 3.05) is 25.0 Å². The van der Waals surface area contributed by atoms with Crippen molar-refractivity contribution in [1.82, 2.24) is 14.9 Å². The molecule has 0 unspecified atom stereocenters. The van der Waals surface area contributed by atoms with Gasteiger partial charge in [0.2, 0.25) is 5.89 Å². The number of aromatic nitrogens is 2. The van der Waals surface area contributed by atoms with E-state index in [1.54, 1.807) is 17.0 Å². The largest absolute Gasteiger partial charge is 1.00 e. The molecule has 1 N–H and O–H groups in total. The summed E-state index contributed by atoms with van der Waals surface area (Å²) in [7, 11) is 0. The van der Waals surface area contributed by atoms with Gasteiger partial charge in [-0.25, -0.2) is 9.78 Å². The molecule has 1 saturated heterocycles. The smallest absolute Gasteiger partial charge is 0.450 e. The van der Waals surface area contributed by atoms with Crippen molar-refractivity contribution >= 4 is 33.6 Å². The maximum absolute atomic E-state index is 12.6. The Morgan fingerprint density at radius 1 is 1.29 bits per heavy atom. The molecule has 1 aromatic carbocycles. The number of carbonyl (C=O) groups is 2. The first-order valence-corrected chi connectivity index (χ1v) is 11.9. The van der Waals surface area contributed by atoms with Crippen LogP contribution in [0.4, 0.5) is 10.5 Å². The van der Waals surface area contributed by atoms with Crippen LogP contribution >= 0.6 is 15.9 Å². The van der Waals surface area contributed by atoms with Crippen molar-refractivity contribution in [2.45, 2.75) is 33.1 Å². The van der Waals surface area contributed by atoms with Crippen LogP contribution in [0.3, 0.4) is 0 Å². The van der Waals surface area contributed by atoms with Crippen LogP contribution in [0.5, 0.6) is 0 Å². The molecule has 35 heavy (non-hydrogen) atoms. The molecule has 8 nitrogen and oxygen atoms in total. The van der Waals surface area contributed by atoms with E-state index in [-0.39, 0.29) is 63.4 Å². The van der Waals surface area contributed by atoms with E-state index in [2.05, 4.69) is 43.8 Å². The number of amides is 2. The number of nitrogens with one attached hydrogen (secondary N) is 1. The van der Waals surface area contributed by atoms with Crippen LogP contribution in [0.1, 0.15) is 42.9 Å². The van der Waals surface area contributed by atoms with E-state index in [4.69, 9.17) is 9.15 Å². The predicted octanol–water partition coefficient (Wildman–Crippen LogP) is 2.56. The second-order valence-corrected chi connectivity index (χ2v) is 8.23. The first-order valence-electron chi connectivity index (χ1n) is 11.1. The molecule has 180 valence electrons. The fourth-order valence-electron chi connectivity index (χ4n) is 3.23. The number of likely N-dealkylation sites (tertiary alicyclic amines) is 1. The Morgan fingerprint density at radius 3 is 2.71 bits per heavy atom. The Morgan fingerprint density at radius 2 is 2.09 bits per heavy atom. The Kier molecular flexibility index (Phi) is 13.2. The zero-order chi connectivity index (χ0) is 24.3. The van der Waals surface area contributed by atoms with Crippen LogP contribution < -0.4 is 56.7 Å². The molecule has 1 fully saturated rings. The maximum Gasteiger partial charge on any atom is 1.00 e. The van der Waals surface area contributed by atoms with Gasteiger partial charge in [-0.05, 0) is 48.0 Å². The van der Waals surface area contributed by atoms with Crippen LogP contribution in [0.2, 0.25) is 0 Å². The first kappa shape index (κ1) is 29.7. The van der Waals surface area contributed by atoms with Gasteiger partial charge in [0.15, 0.2) is 5.69 Å². The number of benzene rings is 1. The zero-order valence-corrected chi connectivity index (χ0v) is 24.9. The summed E-state index contributed by atoms with van der Waals surface area (Å²) in [6.45, 7) is 5.88. The number of hydrogen-bond acceptors (Lipinski definition) is 6. The van der Waals surface area contributed by atoms with Gasteiger partial charge in [0.25, 0.3) is 5.91 Å². The number of oxazole rings is 1. The van der Waals surface area contributed by atoms with E-state index in [1.807, 2.05) is 38.1 Å². The average Bonchev–Trinajstić information content (AvgIpc) is 3.52. The van der Waals surface area contributed by atoms with E-state index >= 15 is 0 Å². The van der Waals surface area contributed by atoms with Crippen LogP contribution in [-0.2, 0) is 11.2 Å². The molecule has 0 spiro atoms. The van der Waals surface area contributed by atoms with Crippen molar-refractivity contribution in [2.24, 2.45) is 0 Å². The van der Waals surface area contributed by atoms with Gasteiger partial charge in [0.1, 0.15) is 5.76 Å². The summed E-state index contributed by atoms with van der Waals surface area (Å²) in [5.74, 6) is 0.695. The molecule has 0 atom stereocenters. The molecule has 4 rings (SSSR count). The number of ether oxygens (including phenoxy) is 1. The molecule has 1 aliphatic rings. The van der Waals surface area contributed by atoms with Crippen LogP contribution in [0.15, 0.2) is 51.5 Å². The third-order valence-electron chi connectivity index (χ3n) is 4.85. The summed E-state index contributed by atoms with van der Waals surface area (Å²) in [6.07, 6.45) is 8.59. The van der Waals surface area contributed by atoms with Crippen LogP contribution in [-0.4, -0.2) is 46.6 Å². The van der Waals surface area contributed by atoms with Gasteiger partial charge in [-0.1, -0.05) is 43.7 Å². The summed E-state index contributed by atoms with van der Waals surface area (Å²) in [6, 6.07) is 11.0. The van der Waals surface area contributed by atoms with Crippen LogP contribution in [0.25, 0.3) is 11.5 Å². The van der Waals surface area contributed by atoms with Crippen LogP contribution in [0, 0.1) is 12.6 Å². The molecule has 2 amide bonds. The summed E-state index contributed by atoms with van der Waals surface area (Å²) in [5.41, 5.74) is 1.70.